The van der Waals surface area contributed by atoms with Gasteiger partial charge in [-0.05, 0) is 50.2 Å². The first-order chi connectivity index (χ1) is 16.1. The molecule has 0 spiro atoms. The molecule has 3 aromatic heterocycles. The molecule has 6 nitrogen and oxygen atoms in total. The second-order valence-corrected chi connectivity index (χ2v) is 10.6. The van der Waals surface area contributed by atoms with Gasteiger partial charge < -0.3 is 9.29 Å². The molecule has 0 saturated carbocycles. The van der Waals surface area contributed by atoms with Gasteiger partial charge in [0.15, 0.2) is 5.75 Å². The Morgan fingerprint density at radius 3 is 2.67 bits per heavy atom. The van der Waals surface area contributed by atoms with Crippen LogP contribution >= 0.6 is 11.3 Å². The van der Waals surface area contributed by atoms with Crippen molar-refractivity contribution in [3.05, 3.63) is 69.7 Å². The Balaban J connectivity index is 1.37. The maximum absolute atomic E-state index is 13.0. The number of nitrogens with zero attached hydrogens (tertiary/aromatic N) is 3. The molecule has 8 heteroatoms. The minimum atomic E-state index is -1.31. The Kier molecular flexibility index (Phi) is 8.03. The van der Waals surface area contributed by atoms with Gasteiger partial charge in [-0.3, -0.25) is 14.9 Å². The first kappa shape index (κ1) is 23.8. The molecule has 0 radical (unpaired) electrons. The molecular formula is C25H30N4O2S2. The Labute approximate surface area is 202 Å². The number of ether oxygens (including phenoxy) is 1. The van der Waals surface area contributed by atoms with Crippen molar-refractivity contribution < 1.29 is 9.29 Å². The van der Waals surface area contributed by atoms with Crippen LogP contribution in [0.2, 0.25) is 0 Å². The van der Waals surface area contributed by atoms with Crippen LogP contribution in [0.4, 0.5) is 0 Å². The van der Waals surface area contributed by atoms with E-state index in [1.165, 1.54) is 9.75 Å². The summed E-state index contributed by atoms with van der Waals surface area (Å²) >= 11 is 0.563. The molecule has 0 aliphatic rings. The molecule has 1 aromatic carbocycles. The first-order valence-electron chi connectivity index (χ1n) is 11.3. The average molecular weight is 483 g/mol. The summed E-state index contributed by atoms with van der Waals surface area (Å²) in [5.74, 6) is 1.13. The highest BCUT2D eigenvalue weighted by atomic mass is 32.2. The lowest BCUT2D eigenvalue weighted by atomic mass is 10.1. The molecular weight excluding hydrogens is 452 g/mol. The van der Waals surface area contributed by atoms with E-state index in [4.69, 9.17) is 4.74 Å². The fourth-order valence-electron chi connectivity index (χ4n) is 3.74. The number of thiophene rings is 1. The van der Waals surface area contributed by atoms with E-state index in [0.717, 1.165) is 54.0 Å². The highest BCUT2D eigenvalue weighted by Gasteiger charge is 2.21. The van der Waals surface area contributed by atoms with Crippen LogP contribution in [0.3, 0.4) is 0 Å². The molecule has 4 aromatic rings. The molecule has 33 heavy (non-hydrogen) atoms. The van der Waals surface area contributed by atoms with Crippen LogP contribution in [0.15, 0.2) is 53.8 Å². The van der Waals surface area contributed by atoms with E-state index in [0.29, 0.717) is 17.5 Å². The summed E-state index contributed by atoms with van der Waals surface area (Å²) in [5, 5.41) is 0.479. The average Bonchev–Trinajstić information content (AvgIpc) is 3.46. The zero-order chi connectivity index (χ0) is 23.2. The van der Waals surface area contributed by atoms with E-state index >= 15 is 0 Å². The number of hydrogen-bond acceptors (Lipinski definition) is 6. The van der Waals surface area contributed by atoms with Crippen LogP contribution in [0, 0.1) is 0 Å². The van der Waals surface area contributed by atoms with Gasteiger partial charge in [0.2, 0.25) is 0 Å². The SMILES string of the molecule is CCc1ccc(CN(C)CCOc2ccnc(C[S+]([O-])c3nc4ccccc4[nH]3)c2CC)s1. The maximum atomic E-state index is 13.0. The van der Waals surface area contributed by atoms with Gasteiger partial charge in [-0.25, -0.2) is 0 Å². The van der Waals surface area contributed by atoms with Gasteiger partial charge in [-0.15, -0.1) is 11.3 Å². The van der Waals surface area contributed by atoms with Gasteiger partial charge in [0, 0.05) is 45.8 Å². The minimum Gasteiger partial charge on any atom is -0.609 e. The second-order valence-electron chi connectivity index (χ2n) is 7.94. The lowest BCUT2D eigenvalue weighted by molar-refractivity contribution is 0.232. The summed E-state index contributed by atoms with van der Waals surface area (Å²) in [6.45, 7) is 6.60. The molecule has 0 fully saturated rings. The van der Waals surface area contributed by atoms with Gasteiger partial charge in [0.25, 0.3) is 0 Å². The van der Waals surface area contributed by atoms with Crippen LogP contribution in [-0.2, 0) is 36.3 Å². The number of pyridine rings is 1. The number of benzene rings is 1. The standard InChI is InChI=1S/C25H30N4O2S2/c1-4-18-10-11-19(32-18)16-29(3)14-15-31-24-12-13-26-23(20(24)5-2)17-33(30)25-27-21-8-6-7-9-22(21)28-25/h6-13H,4-5,14-17H2,1-3H3,(H,27,28). The monoisotopic (exact) mass is 482 g/mol. The molecule has 4 rings (SSSR count). The largest absolute Gasteiger partial charge is 0.609 e. The van der Waals surface area contributed by atoms with E-state index in [1.807, 2.05) is 41.7 Å². The van der Waals surface area contributed by atoms with Crippen LogP contribution in [0.1, 0.15) is 34.9 Å². The highest BCUT2D eigenvalue weighted by Crippen LogP contribution is 2.25. The fraction of sp³-hybridized carbons (Fsp3) is 0.360. The van der Waals surface area contributed by atoms with Crippen LogP contribution in [-0.4, -0.2) is 44.6 Å². The van der Waals surface area contributed by atoms with Crippen molar-refractivity contribution in [2.24, 2.45) is 0 Å². The van der Waals surface area contributed by atoms with Crippen LogP contribution < -0.4 is 4.74 Å². The van der Waals surface area contributed by atoms with Gasteiger partial charge in [-0.1, -0.05) is 26.0 Å². The van der Waals surface area contributed by atoms with Crippen molar-refractivity contribution in [1.82, 2.24) is 19.9 Å². The van der Waals surface area contributed by atoms with E-state index in [2.05, 4.69) is 52.9 Å². The number of aryl methyl sites for hydroxylation is 1. The Bertz CT molecular complexity index is 1160. The van der Waals surface area contributed by atoms with Crippen LogP contribution in [0.25, 0.3) is 11.0 Å². The normalized spacial score (nSPS) is 12.5. The van der Waals surface area contributed by atoms with Gasteiger partial charge >= 0.3 is 5.16 Å². The summed E-state index contributed by atoms with van der Waals surface area (Å²) in [6, 6.07) is 14.0. The maximum Gasteiger partial charge on any atom is 0.322 e. The van der Waals surface area contributed by atoms with Gasteiger partial charge in [-0.2, -0.15) is 4.98 Å². The van der Waals surface area contributed by atoms with Crippen molar-refractivity contribution in [3.63, 3.8) is 0 Å². The molecule has 1 atom stereocenters. The summed E-state index contributed by atoms with van der Waals surface area (Å²) in [5.41, 5.74) is 3.52. The topological polar surface area (TPSA) is 77.1 Å². The molecule has 0 aliphatic heterocycles. The van der Waals surface area contributed by atoms with Crippen molar-refractivity contribution in [2.45, 2.75) is 44.1 Å². The van der Waals surface area contributed by atoms with Gasteiger partial charge in [0.05, 0.1) is 16.7 Å². The molecule has 0 saturated heterocycles. The number of hydrogen-bond donors (Lipinski definition) is 1. The summed E-state index contributed by atoms with van der Waals surface area (Å²) in [4.78, 5) is 17.2. The third-order valence-corrected chi connectivity index (χ3v) is 7.90. The molecule has 0 bridgehead atoms. The van der Waals surface area contributed by atoms with E-state index < -0.39 is 11.2 Å². The van der Waals surface area contributed by atoms with E-state index in [-0.39, 0.29) is 0 Å². The number of aromatic nitrogens is 3. The summed E-state index contributed by atoms with van der Waals surface area (Å²) < 4.78 is 19.1. The van der Waals surface area contributed by atoms with Gasteiger partial charge in [0.1, 0.15) is 12.4 Å². The summed E-state index contributed by atoms with van der Waals surface area (Å²) in [6.07, 6.45) is 3.59. The smallest absolute Gasteiger partial charge is 0.322 e. The lowest BCUT2D eigenvalue weighted by Gasteiger charge is -2.18. The predicted molar refractivity (Wildman–Crippen MR) is 135 cm³/mol. The molecule has 1 N–H and O–H groups in total. The zero-order valence-corrected chi connectivity index (χ0v) is 21.0. The molecule has 174 valence electrons. The molecule has 0 aliphatic carbocycles. The third kappa shape index (κ3) is 5.95. The molecule has 3 heterocycles. The number of fused-ring (bicyclic) bond motifs is 1. The van der Waals surface area contributed by atoms with E-state index in [9.17, 15) is 4.55 Å². The number of H-pyrrole nitrogens is 1. The third-order valence-electron chi connectivity index (χ3n) is 5.53. The number of likely N-dealkylation sites (N-methyl/N-ethyl adjacent to an activating group) is 1. The van der Waals surface area contributed by atoms with Crippen LogP contribution in [0.5, 0.6) is 5.75 Å². The number of imidazole rings is 1. The number of rotatable bonds is 11. The van der Waals surface area contributed by atoms with Crippen molar-refractivity contribution in [3.8, 4) is 5.75 Å². The van der Waals surface area contributed by atoms with Crippen molar-refractivity contribution in [2.75, 3.05) is 20.2 Å². The lowest BCUT2D eigenvalue weighted by Crippen LogP contribution is -2.23. The Morgan fingerprint density at radius 1 is 1.09 bits per heavy atom. The van der Waals surface area contributed by atoms with Crippen molar-refractivity contribution in [1.29, 1.82) is 0 Å². The quantitative estimate of drug-likeness (QED) is 0.306. The highest BCUT2D eigenvalue weighted by molar-refractivity contribution is 7.90. The molecule has 0 amide bonds. The number of para-hydroxylation sites is 2. The summed E-state index contributed by atoms with van der Waals surface area (Å²) in [7, 11) is 2.11. The Morgan fingerprint density at radius 2 is 1.91 bits per heavy atom. The number of nitrogens with one attached hydrogen (secondary N) is 1. The minimum absolute atomic E-state index is 0.304. The van der Waals surface area contributed by atoms with E-state index in [1.54, 1.807) is 6.20 Å². The first-order valence-corrected chi connectivity index (χ1v) is 13.4. The number of aromatic amines is 1. The zero-order valence-electron chi connectivity index (χ0n) is 19.3. The predicted octanol–water partition coefficient (Wildman–Crippen LogP) is 4.96. The second kappa shape index (κ2) is 11.2. The Hall–Kier alpha value is -2.39. The molecule has 1 unspecified atom stereocenters. The van der Waals surface area contributed by atoms with Crippen molar-refractivity contribution >= 4 is 33.5 Å². The fourth-order valence-corrected chi connectivity index (χ4v) is 5.83.